The van der Waals surface area contributed by atoms with E-state index in [4.69, 9.17) is 0 Å². The Morgan fingerprint density at radius 2 is 2.24 bits per heavy atom. The molecule has 0 saturated carbocycles. The van der Waals surface area contributed by atoms with E-state index in [1.165, 1.54) is 7.11 Å². The molecule has 1 N–H and O–H groups in total. The number of aromatic nitrogens is 2. The molecule has 94 valence electrons. The van der Waals surface area contributed by atoms with Crippen LogP contribution in [0.15, 0.2) is 6.20 Å². The Balaban J connectivity index is 2.54. The number of ether oxygens (including phenoxy) is 1. The normalized spacial score (nSPS) is 10.1. The average molecular weight is 239 g/mol. The van der Waals surface area contributed by atoms with Crippen LogP contribution >= 0.6 is 0 Å². The molecule has 0 unspecified atom stereocenters. The predicted molar refractivity (Wildman–Crippen MR) is 61.6 cm³/mol. The summed E-state index contributed by atoms with van der Waals surface area (Å²) in [6.45, 7) is 2.21. The predicted octanol–water partition coefficient (Wildman–Crippen LogP) is 0.275. The van der Waals surface area contributed by atoms with Crippen LogP contribution in [0.2, 0.25) is 0 Å². The molecule has 0 spiro atoms. The standard InChI is InChI=1S/C11H17N3O3/c1-4-9-8(7-14(2)13-9)11(16)12-6-5-10(15)17-3/h7H,4-6H2,1-3H3,(H,12,16). The van der Waals surface area contributed by atoms with Crippen molar-refractivity contribution in [2.45, 2.75) is 19.8 Å². The number of aryl methyl sites for hydroxylation is 2. The summed E-state index contributed by atoms with van der Waals surface area (Å²) in [4.78, 5) is 22.7. The fourth-order valence-electron chi connectivity index (χ4n) is 1.46. The first kappa shape index (κ1) is 13.2. The van der Waals surface area contributed by atoms with Crippen molar-refractivity contribution in [1.82, 2.24) is 15.1 Å². The summed E-state index contributed by atoms with van der Waals surface area (Å²) in [5.41, 5.74) is 1.31. The van der Waals surface area contributed by atoms with E-state index in [0.717, 1.165) is 5.69 Å². The molecule has 0 aromatic carbocycles. The molecule has 0 atom stereocenters. The van der Waals surface area contributed by atoms with E-state index in [1.807, 2.05) is 6.92 Å². The van der Waals surface area contributed by atoms with Crippen LogP contribution in [0.5, 0.6) is 0 Å². The lowest BCUT2D eigenvalue weighted by atomic mass is 10.2. The lowest BCUT2D eigenvalue weighted by Gasteiger charge is -2.03. The molecule has 6 nitrogen and oxygen atoms in total. The Morgan fingerprint density at radius 1 is 1.53 bits per heavy atom. The molecule has 0 aliphatic rings. The van der Waals surface area contributed by atoms with Crippen LogP contribution in [0.4, 0.5) is 0 Å². The number of carbonyl (C=O) groups excluding carboxylic acids is 2. The fraction of sp³-hybridized carbons (Fsp3) is 0.545. The highest BCUT2D eigenvalue weighted by Crippen LogP contribution is 2.06. The number of hydrogen-bond donors (Lipinski definition) is 1. The van der Waals surface area contributed by atoms with Crippen molar-refractivity contribution in [3.05, 3.63) is 17.5 Å². The number of rotatable bonds is 5. The van der Waals surface area contributed by atoms with Gasteiger partial charge in [0.25, 0.3) is 5.91 Å². The largest absolute Gasteiger partial charge is 0.469 e. The molecule has 0 aliphatic carbocycles. The number of nitrogens with one attached hydrogen (secondary N) is 1. The van der Waals surface area contributed by atoms with Crippen LogP contribution in [0.3, 0.4) is 0 Å². The fourth-order valence-corrected chi connectivity index (χ4v) is 1.46. The van der Waals surface area contributed by atoms with Crippen LogP contribution in [-0.4, -0.2) is 35.3 Å². The average Bonchev–Trinajstić information content (AvgIpc) is 2.70. The summed E-state index contributed by atoms with van der Waals surface area (Å²) in [7, 11) is 3.09. The summed E-state index contributed by atoms with van der Waals surface area (Å²) in [6, 6.07) is 0. The number of nitrogens with zero attached hydrogens (tertiary/aromatic N) is 2. The molecule has 1 aromatic rings. The third-order valence-electron chi connectivity index (χ3n) is 2.33. The Labute approximate surface area is 99.9 Å². The molecule has 0 aliphatic heterocycles. The summed E-state index contributed by atoms with van der Waals surface area (Å²) < 4.78 is 6.09. The number of methoxy groups -OCH3 is 1. The van der Waals surface area contributed by atoms with Gasteiger partial charge in [-0.2, -0.15) is 5.10 Å². The van der Waals surface area contributed by atoms with Crippen molar-refractivity contribution >= 4 is 11.9 Å². The van der Waals surface area contributed by atoms with E-state index in [2.05, 4.69) is 15.2 Å². The Hall–Kier alpha value is -1.85. The van der Waals surface area contributed by atoms with Gasteiger partial charge in [0.1, 0.15) is 0 Å². The van der Waals surface area contributed by atoms with Gasteiger partial charge in [-0.3, -0.25) is 14.3 Å². The Kier molecular flexibility index (Phi) is 4.68. The summed E-state index contributed by atoms with van der Waals surface area (Å²) in [5, 5.41) is 6.83. The molecule has 1 heterocycles. The van der Waals surface area contributed by atoms with Crippen LogP contribution in [0, 0.1) is 0 Å². The molecular weight excluding hydrogens is 222 g/mol. The molecular formula is C11H17N3O3. The molecule has 0 bridgehead atoms. The van der Waals surface area contributed by atoms with E-state index in [9.17, 15) is 9.59 Å². The second-order valence-electron chi connectivity index (χ2n) is 3.60. The van der Waals surface area contributed by atoms with Crippen LogP contribution in [0.1, 0.15) is 29.4 Å². The second-order valence-corrected chi connectivity index (χ2v) is 3.60. The van der Waals surface area contributed by atoms with Crippen molar-refractivity contribution in [3.63, 3.8) is 0 Å². The highest BCUT2D eigenvalue weighted by molar-refractivity contribution is 5.95. The quantitative estimate of drug-likeness (QED) is 0.749. The van der Waals surface area contributed by atoms with Crippen molar-refractivity contribution < 1.29 is 14.3 Å². The van der Waals surface area contributed by atoms with Crippen molar-refractivity contribution in [3.8, 4) is 0 Å². The number of hydrogen-bond acceptors (Lipinski definition) is 4. The summed E-state index contributed by atoms with van der Waals surface area (Å²) >= 11 is 0. The first-order chi connectivity index (χ1) is 8.08. The van der Waals surface area contributed by atoms with Gasteiger partial charge in [-0.25, -0.2) is 0 Å². The summed E-state index contributed by atoms with van der Waals surface area (Å²) in [6.07, 6.45) is 2.54. The van der Waals surface area contributed by atoms with Crippen molar-refractivity contribution in [2.75, 3.05) is 13.7 Å². The SMILES string of the molecule is CCc1nn(C)cc1C(=O)NCCC(=O)OC. The zero-order valence-corrected chi connectivity index (χ0v) is 10.3. The van der Waals surface area contributed by atoms with E-state index in [-0.39, 0.29) is 24.8 Å². The van der Waals surface area contributed by atoms with Crippen molar-refractivity contribution in [1.29, 1.82) is 0 Å². The lowest BCUT2D eigenvalue weighted by Crippen LogP contribution is -2.26. The third-order valence-corrected chi connectivity index (χ3v) is 2.33. The number of amides is 1. The number of carbonyl (C=O) groups is 2. The third kappa shape index (κ3) is 3.58. The molecule has 17 heavy (non-hydrogen) atoms. The maximum absolute atomic E-state index is 11.8. The van der Waals surface area contributed by atoms with Crippen LogP contribution < -0.4 is 5.32 Å². The molecule has 6 heteroatoms. The lowest BCUT2D eigenvalue weighted by molar-refractivity contribution is -0.140. The van der Waals surface area contributed by atoms with Gasteiger partial charge in [0.05, 0.1) is 24.8 Å². The van der Waals surface area contributed by atoms with Gasteiger partial charge in [-0.1, -0.05) is 6.92 Å². The minimum atomic E-state index is -0.341. The van der Waals surface area contributed by atoms with E-state index in [1.54, 1.807) is 17.9 Å². The van der Waals surface area contributed by atoms with Crippen LogP contribution in [0.25, 0.3) is 0 Å². The molecule has 1 rings (SSSR count). The van der Waals surface area contributed by atoms with E-state index in [0.29, 0.717) is 12.0 Å². The monoisotopic (exact) mass is 239 g/mol. The van der Waals surface area contributed by atoms with Gasteiger partial charge in [0.2, 0.25) is 0 Å². The molecule has 1 aromatic heterocycles. The maximum Gasteiger partial charge on any atom is 0.307 e. The Bertz CT molecular complexity index is 412. The molecule has 1 amide bonds. The van der Waals surface area contributed by atoms with Gasteiger partial charge in [-0.05, 0) is 6.42 Å². The van der Waals surface area contributed by atoms with Crippen LogP contribution in [-0.2, 0) is 23.0 Å². The number of esters is 1. The maximum atomic E-state index is 11.8. The minimum Gasteiger partial charge on any atom is -0.469 e. The molecule has 0 saturated heterocycles. The minimum absolute atomic E-state index is 0.171. The summed E-state index contributed by atoms with van der Waals surface area (Å²) in [5.74, 6) is -0.550. The van der Waals surface area contributed by atoms with Crippen molar-refractivity contribution in [2.24, 2.45) is 7.05 Å². The first-order valence-corrected chi connectivity index (χ1v) is 5.46. The first-order valence-electron chi connectivity index (χ1n) is 5.46. The van der Waals surface area contributed by atoms with Gasteiger partial charge < -0.3 is 10.1 Å². The van der Waals surface area contributed by atoms with Gasteiger partial charge in [0.15, 0.2) is 0 Å². The van der Waals surface area contributed by atoms with Gasteiger partial charge >= 0.3 is 5.97 Å². The topological polar surface area (TPSA) is 73.2 Å². The highest BCUT2D eigenvalue weighted by atomic mass is 16.5. The molecule has 0 fully saturated rings. The van der Waals surface area contributed by atoms with Gasteiger partial charge in [0, 0.05) is 19.8 Å². The zero-order chi connectivity index (χ0) is 12.8. The smallest absolute Gasteiger partial charge is 0.307 e. The highest BCUT2D eigenvalue weighted by Gasteiger charge is 2.14. The zero-order valence-electron chi connectivity index (χ0n) is 10.3. The Morgan fingerprint density at radius 3 is 2.82 bits per heavy atom. The van der Waals surface area contributed by atoms with E-state index >= 15 is 0 Å². The van der Waals surface area contributed by atoms with Gasteiger partial charge in [-0.15, -0.1) is 0 Å². The second kappa shape index (κ2) is 6.03. The molecule has 0 radical (unpaired) electrons. The van der Waals surface area contributed by atoms with E-state index < -0.39 is 0 Å².